The molecule has 0 saturated carbocycles. The molecule has 0 N–H and O–H groups in total. The number of nitrogens with zero attached hydrogens (tertiary/aromatic N) is 2. The number of carbonyl (C=O) groups excluding carboxylic acids is 2. The predicted molar refractivity (Wildman–Crippen MR) is 109 cm³/mol. The number of sulfonamides is 1. The lowest BCUT2D eigenvalue weighted by Crippen LogP contribution is -2.48. The van der Waals surface area contributed by atoms with Gasteiger partial charge in [0, 0.05) is 12.1 Å². The first-order valence-electron chi connectivity index (χ1n) is 9.61. The lowest BCUT2D eigenvalue weighted by atomic mass is 10.1. The van der Waals surface area contributed by atoms with Crippen LogP contribution in [0.1, 0.15) is 47.7 Å². The molecule has 0 aliphatic carbocycles. The Morgan fingerprint density at radius 2 is 1.90 bits per heavy atom. The van der Waals surface area contributed by atoms with Gasteiger partial charge in [-0.2, -0.15) is 9.57 Å². The molecule has 0 radical (unpaired) electrons. The number of benzene rings is 2. The van der Waals surface area contributed by atoms with Gasteiger partial charge in [-0.3, -0.25) is 9.59 Å². The van der Waals surface area contributed by atoms with E-state index in [2.05, 4.69) is 0 Å². The van der Waals surface area contributed by atoms with Crippen molar-refractivity contribution in [1.29, 1.82) is 5.26 Å². The molecular weight excluding hydrogens is 404 g/mol. The van der Waals surface area contributed by atoms with Gasteiger partial charge in [-0.25, -0.2) is 8.42 Å². The highest BCUT2D eigenvalue weighted by atomic mass is 32.2. The quantitative estimate of drug-likeness (QED) is 0.519. The number of ketones is 1. The van der Waals surface area contributed by atoms with Gasteiger partial charge in [-0.1, -0.05) is 24.3 Å². The molecule has 1 unspecified atom stereocenters. The van der Waals surface area contributed by atoms with Crippen molar-refractivity contribution in [1.82, 2.24) is 4.31 Å². The topological polar surface area (TPSA) is 105 Å². The van der Waals surface area contributed by atoms with Crippen LogP contribution >= 0.6 is 0 Å². The lowest BCUT2D eigenvalue weighted by Gasteiger charge is -2.33. The molecule has 2 aromatic carbocycles. The van der Waals surface area contributed by atoms with Crippen LogP contribution in [0.15, 0.2) is 53.4 Å². The first-order chi connectivity index (χ1) is 14.3. The summed E-state index contributed by atoms with van der Waals surface area (Å²) in [4.78, 5) is 24.2. The number of hydrogen-bond donors (Lipinski definition) is 0. The number of Topliss-reactive ketones (excluding diaryl/α,β-unsaturated/α-hetero) is 1. The third-order valence-electron chi connectivity index (χ3n) is 5.03. The number of hydrogen-bond acceptors (Lipinski definition) is 6. The van der Waals surface area contributed by atoms with E-state index in [4.69, 9.17) is 10.00 Å². The number of nitriles is 1. The van der Waals surface area contributed by atoms with Crippen molar-refractivity contribution in [3.05, 3.63) is 65.2 Å². The molecule has 0 spiro atoms. The van der Waals surface area contributed by atoms with Gasteiger partial charge in [0.05, 0.1) is 16.5 Å². The molecule has 0 aromatic heterocycles. The molecule has 2 aromatic rings. The van der Waals surface area contributed by atoms with Gasteiger partial charge < -0.3 is 4.74 Å². The molecule has 0 amide bonds. The highest BCUT2D eigenvalue weighted by molar-refractivity contribution is 7.89. The smallest absolute Gasteiger partial charge is 0.324 e. The van der Waals surface area contributed by atoms with Crippen LogP contribution in [0.2, 0.25) is 0 Å². The van der Waals surface area contributed by atoms with Crippen LogP contribution in [-0.2, 0) is 26.2 Å². The van der Waals surface area contributed by atoms with Gasteiger partial charge in [-0.05, 0) is 56.0 Å². The summed E-state index contributed by atoms with van der Waals surface area (Å²) >= 11 is 0. The molecule has 0 bridgehead atoms. The average Bonchev–Trinajstić information content (AvgIpc) is 2.77. The highest BCUT2D eigenvalue weighted by Gasteiger charge is 2.38. The van der Waals surface area contributed by atoms with Crippen molar-refractivity contribution >= 4 is 21.8 Å². The van der Waals surface area contributed by atoms with E-state index in [-0.39, 0.29) is 23.8 Å². The van der Waals surface area contributed by atoms with Crippen molar-refractivity contribution in [2.24, 2.45) is 0 Å². The second-order valence-corrected chi connectivity index (χ2v) is 9.02. The standard InChI is InChI=1S/C22H22N2O5S/c1-16(25)19-8-10-20(11-9-19)30(27,28)24-12-3-2-7-21(24)22(26)29-15-18-6-4-5-17(13-18)14-23/h4-6,8-11,13,21H,2-3,7,12,15H2,1H3. The fourth-order valence-electron chi connectivity index (χ4n) is 3.41. The van der Waals surface area contributed by atoms with E-state index in [0.717, 1.165) is 6.42 Å². The maximum atomic E-state index is 13.1. The van der Waals surface area contributed by atoms with E-state index in [1.54, 1.807) is 24.3 Å². The van der Waals surface area contributed by atoms with Crippen molar-refractivity contribution in [3.63, 3.8) is 0 Å². The normalized spacial score (nSPS) is 17.1. The summed E-state index contributed by atoms with van der Waals surface area (Å²) in [6.07, 6.45) is 1.75. The van der Waals surface area contributed by atoms with Crippen LogP contribution in [-0.4, -0.2) is 37.1 Å². The average molecular weight is 426 g/mol. The Kier molecular flexibility index (Phi) is 6.65. The molecule has 1 fully saturated rings. The molecule has 1 atom stereocenters. The van der Waals surface area contributed by atoms with Crippen LogP contribution < -0.4 is 0 Å². The fourth-order valence-corrected chi connectivity index (χ4v) is 5.05. The molecule has 8 heteroatoms. The van der Waals surface area contributed by atoms with Crippen molar-refractivity contribution in [2.75, 3.05) is 6.54 Å². The van der Waals surface area contributed by atoms with E-state index in [0.29, 0.717) is 29.5 Å². The van der Waals surface area contributed by atoms with E-state index in [1.165, 1.54) is 35.5 Å². The number of piperidine rings is 1. The number of rotatable bonds is 6. The zero-order chi connectivity index (χ0) is 21.7. The van der Waals surface area contributed by atoms with Crippen molar-refractivity contribution in [3.8, 4) is 6.07 Å². The number of carbonyl (C=O) groups is 2. The van der Waals surface area contributed by atoms with Gasteiger partial charge >= 0.3 is 5.97 Å². The van der Waals surface area contributed by atoms with E-state index in [1.807, 2.05) is 6.07 Å². The van der Waals surface area contributed by atoms with E-state index < -0.39 is 22.0 Å². The van der Waals surface area contributed by atoms with Gasteiger partial charge in [0.2, 0.25) is 10.0 Å². The first-order valence-corrected chi connectivity index (χ1v) is 11.1. The van der Waals surface area contributed by atoms with E-state index >= 15 is 0 Å². The minimum absolute atomic E-state index is 0.0357. The van der Waals surface area contributed by atoms with E-state index in [9.17, 15) is 18.0 Å². The fraction of sp³-hybridized carbons (Fsp3) is 0.318. The Hall–Kier alpha value is -3.02. The molecule has 1 aliphatic heterocycles. The third kappa shape index (κ3) is 4.75. The maximum Gasteiger partial charge on any atom is 0.324 e. The molecular formula is C22H22N2O5S. The molecule has 30 heavy (non-hydrogen) atoms. The SMILES string of the molecule is CC(=O)c1ccc(S(=O)(=O)N2CCCCC2C(=O)OCc2cccc(C#N)c2)cc1. The zero-order valence-electron chi connectivity index (χ0n) is 16.6. The minimum Gasteiger partial charge on any atom is -0.460 e. The van der Waals surface area contributed by atoms with Crippen LogP contribution in [0.5, 0.6) is 0 Å². The Morgan fingerprint density at radius 1 is 1.17 bits per heavy atom. The Bertz CT molecular complexity index is 1090. The van der Waals surface area contributed by atoms with Crippen LogP contribution in [0.4, 0.5) is 0 Å². The van der Waals surface area contributed by atoms with Crippen LogP contribution in [0.3, 0.4) is 0 Å². The Labute approximate surface area is 175 Å². The lowest BCUT2D eigenvalue weighted by molar-refractivity contribution is -0.150. The summed E-state index contributed by atoms with van der Waals surface area (Å²) < 4.78 is 32.8. The predicted octanol–water partition coefficient (Wildman–Crippen LogP) is 3.05. The highest BCUT2D eigenvalue weighted by Crippen LogP contribution is 2.26. The molecule has 1 heterocycles. The number of esters is 1. The maximum absolute atomic E-state index is 13.1. The summed E-state index contributed by atoms with van der Waals surface area (Å²) in [5.41, 5.74) is 1.54. The number of ether oxygens (including phenoxy) is 1. The molecule has 1 aliphatic rings. The summed E-state index contributed by atoms with van der Waals surface area (Å²) in [5, 5.41) is 8.97. The molecule has 7 nitrogen and oxygen atoms in total. The zero-order valence-corrected chi connectivity index (χ0v) is 17.4. The third-order valence-corrected chi connectivity index (χ3v) is 6.95. The summed E-state index contributed by atoms with van der Waals surface area (Å²) in [7, 11) is -3.91. The molecule has 156 valence electrons. The minimum atomic E-state index is -3.91. The van der Waals surface area contributed by atoms with Gasteiger partial charge in [0.1, 0.15) is 12.6 Å². The molecule has 3 rings (SSSR count). The Balaban J connectivity index is 1.77. The molecule has 1 saturated heterocycles. The largest absolute Gasteiger partial charge is 0.460 e. The monoisotopic (exact) mass is 426 g/mol. The van der Waals surface area contributed by atoms with Crippen molar-refractivity contribution < 1.29 is 22.7 Å². The second kappa shape index (κ2) is 9.20. The van der Waals surface area contributed by atoms with Gasteiger partial charge in [-0.15, -0.1) is 0 Å². The van der Waals surface area contributed by atoms with Gasteiger partial charge in [0.25, 0.3) is 0 Å². The summed E-state index contributed by atoms with van der Waals surface area (Å²) in [6, 6.07) is 13.5. The van der Waals surface area contributed by atoms with Gasteiger partial charge in [0.15, 0.2) is 5.78 Å². The summed E-state index contributed by atoms with van der Waals surface area (Å²) in [5.74, 6) is -0.764. The second-order valence-electron chi connectivity index (χ2n) is 7.13. The summed E-state index contributed by atoms with van der Waals surface area (Å²) in [6.45, 7) is 1.60. The Morgan fingerprint density at radius 3 is 2.57 bits per heavy atom. The van der Waals surface area contributed by atoms with Crippen LogP contribution in [0, 0.1) is 11.3 Å². The van der Waals surface area contributed by atoms with Crippen LogP contribution in [0.25, 0.3) is 0 Å². The first kappa shape index (κ1) is 21.7. The van der Waals surface area contributed by atoms with Crippen molar-refractivity contribution in [2.45, 2.75) is 43.7 Å².